The largest absolute Gasteiger partial charge is 0.447 e. The van der Waals surface area contributed by atoms with Gasteiger partial charge in [-0.25, -0.2) is 4.79 Å². The second-order valence-electron chi connectivity index (χ2n) is 7.98. The second kappa shape index (κ2) is 7.55. The van der Waals surface area contributed by atoms with Gasteiger partial charge >= 0.3 is 6.09 Å². The molecule has 1 N–H and O–H groups in total. The Hall–Kier alpha value is -1.01. The summed E-state index contributed by atoms with van der Waals surface area (Å²) in [6, 6.07) is 10.5. The molecule has 1 aromatic carbocycles. The van der Waals surface area contributed by atoms with Gasteiger partial charge in [0.05, 0.1) is 5.54 Å². The fourth-order valence-corrected chi connectivity index (χ4v) is 5.19. The van der Waals surface area contributed by atoms with Gasteiger partial charge in [-0.15, -0.1) is 24.8 Å². The molecule has 4 atom stereocenters. The summed E-state index contributed by atoms with van der Waals surface area (Å²) in [6.45, 7) is 6.84. The Labute approximate surface area is 167 Å². The van der Waals surface area contributed by atoms with Gasteiger partial charge in [0.2, 0.25) is 0 Å². The van der Waals surface area contributed by atoms with Crippen molar-refractivity contribution in [3.05, 3.63) is 35.9 Å². The maximum Gasteiger partial charge on any atom is 0.410 e. The molecule has 1 saturated carbocycles. The third-order valence-electron chi connectivity index (χ3n) is 6.53. The SMILES string of the molecule is Cl.Cl.O=C1OCC2(Cc3ccccc3)CN(CC3[C@H]4CNC[C@@H]34)CCN12. The highest BCUT2D eigenvalue weighted by Crippen LogP contribution is 2.49. The van der Waals surface area contributed by atoms with Crippen molar-refractivity contribution in [1.82, 2.24) is 15.1 Å². The van der Waals surface area contributed by atoms with E-state index in [4.69, 9.17) is 4.74 Å². The average molecular weight is 400 g/mol. The van der Waals surface area contributed by atoms with Crippen LogP contribution in [0.25, 0.3) is 0 Å². The second-order valence-corrected chi connectivity index (χ2v) is 7.98. The number of carbonyl (C=O) groups is 1. The molecular formula is C19H27Cl2N3O2. The first-order valence-electron chi connectivity index (χ1n) is 9.17. The first-order valence-corrected chi connectivity index (χ1v) is 9.17. The van der Waals surface area contributed by atoms with E-state index in [0.717, 1.165) is 43.8 Å². The van der Waals surface area contributed by atoms with Crippen LogP contribution in [0.1, 0.15) is 5.56 Å². The maximum absolute atomic E-state index is 12.2. The molecule has 5 rings (SSSR count). The number of carbonyl (C=O) groups excluding carboxylic acids is 1. The summed E-state index contributed by atoms with van der Waals surface area (Å²) in [5, 5.41) is 3.48. The summed E-state index contributed by atoms with van der Waals surface area (Å²) >= 11 is 0. The fraction of sp³-hybridized carbons (Fsp3) is 0.632. The molecule has 0 bridgehead atoms. The van der Waals surface area contributed by atoms with Crippen LogP contribution >= 0.6 is 24.8 Å². The lowest BCUT2D eigenvalue weighted by Gasteiger charge is -2.45. The molecule has 1 aliphatic carbocycles. The third kappa shape index (κ3) is 3.31. The smallest absolute Gasteiger partial charge is 0.410 e. The van der Waals surface area contributed by atoms with Crippen LogP contribution in [-0.4, -0.2) is 67.3 Å². The molecule has 3 heterocycles. The summed E-state index contributed by atoms with van der Waals surface area (Å²) in [6.07, 6.45) is 0.757. The number of halogens is 2. The normalized spacial score (nSPS) is 35.0. The molecule has 1 amide bonds. The number of fused-ring (bicyclic) bond motifs is 2. The standard InChI is InChI=1S/C19H25N3O2.2ClH/c23-18-22-7-6-21(11-17-15-9-20-10-16(15)17)12-19(22,13-24-18)8-14-4-2-1-3-5-14;;/h1-5,15-17,20H,6-13H2;2*1H/t15-,16+,17?,19?;;. The van der Waals surface area contributed by atoms with E-state index < -0.39 is 0 Å². The first-order chi connectivity index (χ1) is 11.8. The van der Waals surface area contributed by atoms with Crippen molar-refractivity contribution in [1.29, 1.82) is 0 Å². The lowest BCUT2D eigenvalue weighted by Crippen LogP contribution is -2.62. The average Bonchev–Trinajstić information content (AvgIpc) is 2.95. The highest BCUT2D eigenvalue weighted by molar-refractivity contribution is 5.85. The number of ether oxygens (including phenoxy) is 1. The van der Waals surface area contributed by atoms with Crippen LogP contribution < -0.4 is 5.32 Å². The molecule has 26 heavy (non-hydrogen) atoms. The topological polar surface area (TPSA) is 44.8 Å². The Morgan fingerprint density at radius 1 is 1.12 bits per heavy atom. The van der Waals surface area contributed by atoms with Crippen molar-refractivity contribution in [3.8, 4) is 0 Å². The zero-order chi connectivity index (χ0) is 16.1. The van der Waals surface area contributed by atoms with Crippen LogP contribution in [0.15, 0.2) is 30.3 Å². The van der Waals surface area contributed by atoms with Crippen molar-refractivity contribution in [2.45, 2.75) is 12.0 Å². The van der Waals surface area contributed by atoms with Crippen LogP contribution in [0.2, 0.25) is 0 Å². The Kier molecular flexibility index (Phi) is 5.73. The van der Waals surface area contributed by atoms with Gasteiger partial charge in [0, 0.05) is 32.6 Å². The molecule has 3 aliphatic heterocycles. The molecule has 0 spiro atoms. The highest BCUT2D eigenvalue weighted by atomic mass is 35.5. The first kappa shape index (κ1) is 19.7. The minimum atomic E-state index is -0.182. The van der Waals surface area contributed by atoms with Gasteiger partial charge in [-0.1, -0.05) is 30.3 Å². The van der Waals surface area contributed by atoms with E-state index in [9.17, 15) is 4.79 Å². The molecular weight excluding hydrogens is 373 g/mol. The summed E-state index contributed by atoms with van der Waals surface area (Å²) in [5.74, 6) is 2.66. The molecule has 0 radical (unpaired) electrons. The van der Waals surface area contributed by atoms with Crippen LogP contribution in [0, 0.1) is 17.8 Å². The van der Waals surface area contributed by atoms with Crippen LogP contribution in [-0.2, 0) is 11.2 Å². The third-order valence-corrected chi connectivity index (χ3v) is 6.53. The molecule has 1 aromatic rings. The minimum absolute atomic E-state index is 0. The molecule has 3 saturated heterocycles. The predicted octanol–water partition coefficient (Wildman–Crippen LogP) is 2.04. The molecule has 4 fully saturated rings. The Bertz CT molecular complexity index is 637. The van der Waals surface area contributed by atoms with Crippen molar-refractivity contribution in [3.63, 3.8) is 0 Å². The van der Waals surface area contributed by atoms with Crippen LogP contribution in [0.5, 0.6) is 0 Å². The zero-order valence-electron chi connectivity index (χ0n) is 14.8. The Balaban J connectivity index is 0.000000980. The molecule has 144 valence electrons. The van der Waals surface area contributed by atoms with Crippen molar-refractivity contribution >= 4 is 30.9 Å². The summed E-state index contributed by atoms with van der Waals surface area (Å²) in [4.78, 5) is 16.8. The van der Waals surface area contributed by atoms with Crippen LogP contribution in [0.4, 0.5) is 4.79 Å². The molecule has 4 aliphatic rings. The predicted molar refractivity (Wildman–Crippen MR) is 105 cm³/mol. The van der Waals surface area contributed by atoms with Gasteiger partial charge in [0.1, 0.15) is 6.61 Å². The van der Waals surface area contributed by atoms with E-state index in [1.54, 1.807) is 0 Å². The van der Waals surface area contributed by atoms with Gasteiger partial charge in [-0.05, 0) is 36.4 Å². The van der Waals surface area contributed by atoms with Gasteiger partial charge in [0.15, 0.2) is 0 Å². The summed E-state index contributed by atoms with van der Waals surface area (Å²) < 4.78 is 5.47. The van der Waals surface area contributed by atoms with Gasteiger partial charge in [-0.2, -0.15) is 0 Å². The lowest BCUT2D eigenvalue weighted by molar-refractivity contribution is 0.0476. The minimum Gasteiger partial charge on any atom is -0.447 e. The number of nitrogens with zero attached hydrogens (tertiary/aromatic N) is 2. The van der Waals surface area contributed by atoms with Crippen molar-refractivity contribution < 1.29 is 9.53 Å². The van der Waals surface area contributed by atoms with Crippen molar-refractivity contribution in [2.24, 2.45) is 17.8 Å². The molecule has 7 heteroatoms. The number of hydrogen-bond acceptors (Lipinski definition) is 4. The van der Waals surface area contributed by atoms with E-state index >= 15 is 0 Å². The van der Waals surface area contributed by atoms with Gasteiger partial charge < -0.3 is 10.1 Å². The highest BCUT2D eigenvalue weighted by Gasteiger charge is 2.55. The molecule has 2 unspecified atom stereocenters. The number of cyclic esters (lactones) is 1. The van der Waals surface area contributed by atoms with Crippen molar-refractivity contribution in [2.75, 3.05) is 45.9 Å². The number of benzene rings is 1. The number of amides is 1. The zero-order valence-corrected chi connectivity index (χ0v) is 16.4. The number of rotatable bonds is 4. The quantitative estimate of drug-likeness (QED) is 0.841. The van der Waals surface area contributed by atoms with E-state index in [1.165, 1.54) is 25.2 Å². The molecule has 0 aromatic heterocycles. The Morgan fingerprint density at radius 2 is 1.85 bits per heavy atom. The lowest BCUT2D eigenvalue weighted by atomic mass is 9.88. The number of piperazine rings is 1. The number of piperidine rings is 1. The molecule has 5 nitrogen and oxygen atoms in total. The van der Waals surface area contributed by atoms with E-state index in [1.807, 2.05) is 11.0 Å². The van der Waals surface area contributed by atoms with E-state index in [2.05, 4.69) is 34.5 Å². The summed E-state index contributed by atoms with van der Waals surface area (Å²) in [7, 11) is 0. The Morgan fingerprint density at radius 3 is 2.58 bits per heavy atom. The van der Waals surface area contributed by atoms with Gasteiger partial charge in [0.25, 0.3) is 0 Å². The van der Waals surface area contributed by atoms with E-state index in [0.29, 0.717) is 6.61 Å². The van der Waals surface area contributed by atoms with Crippen LogP contribution in [0.3, 0.4) is 0 Å². The number of nitrogens with one attached hydrogen (secondary N) is 1. The summed E-state index contributed by atoms with van der Waals surface area (Å²) in [5.41, 5.74) is 1.11. The monoisotopic (exact) mass is 399 g/mol. The van der Waals surface area contributed by atoms with Gasteiger partial charge in [-0.3, -0.25) is 9.80 Å². The van der Waals surface area contributed by atoms with E-state index in [-0.39, 0.29) is 36.4 Å². The fourth-order valence-electron chi connectivity index (χ4n) is 5.19. The number of hydrogen-bond donors (Lipinski definition) is 1. The maximum atomic E-state index is 12.2.